The van der Waals surface area contributed by atoms with Gasteiger partial charge in [-0.05, 0) is 29.7 Å². The van der Waals surface area contributed by atoms with Gasteiger partial charge >= 0.3 is 0 Å². The Balaban J connectivity index is 1.88. The Labute approximate surface area is 101 Å². The maximum Gasteiger partial charge on any atom is 0.0949 e. The second-order valence-corrected chi connectivity index (χ2v) is 4.78. The SMILES string of the molecule is C1=CCC2=CN3CN(Cc4ccccc43)C2=C1. The molecule has 0 aromatic heterocycles. The van der Waals surface area contributed by atoms with Crippen molar-refractivity contribution < 1.29 is 0 Å². The van der Waals surface area contributed by atoms with Crippen LogP contribution in [0.5, 0.6) is 0 Å². The van der Waals surface area contributed by atoms with Crippen LogP contribution in [0.4, 0.5) is 5.69 Å². The molecule has 0 radical (unpaired) electrons. The lowest BCUT2D eigenvalue weighted by atomic mass is 9.98. The molecule has 0 saturated carbocycles. The van der Waals surface area contributed by atoms with Gasteiger partial charge in [-0.2, -0.15) is 0 Å². The third-order valence-electron chi connectivity index (χ3n) is 3.69. The summed E-state index contributed by atoms with van der Waals surface area (Å²) in [6.07, 6.45) is 10.00. The summed E-state index contributed by atoms with van der Waals surface area (Å²) >= 11 is 0. The molecule has 1 aliphatic carbocycles. The van der Waals surface area contributed by atoms with E-state index in [2.05, 4.69) is 58.5 Å². The van der Waals surface area contributed by atoms with Crippen molar-refractivity contribution in [2.75, 3.05) is 11.6 Å². The lowest BCUT2D eigenvalue weighted by Gasteiger charge is -2.44. The summed E-state index contributed by atoms with van der Waals surface area (Å²) in [5.74, 6) is 0. The van der Waals surface area contributed by atoms with E-state index in [0.717, 1.165) is 19.6 Å². The molecule has 2 heterocycles. The van der Waals surface area contributed by atoms with E-state index in [1.807, 2.05) is 0 Å². The number of fused-ring (bicyclic) bond motifs is 6. The number of anilines is 1. The van der Waals surface area contributed by atoms with Crippen LogP contribution in [0.25, 0.3) is 0 Å². The second kappa shape index (κ2) is 3.27. The van der Waals surface area contributed by atoms with E-state index in [0.29, 0.717) is 0 Å². The first-order valence-corrected chi connectivity index (χ1v) is 6.09. The normalized spacial score (nSPS) is 20.5. The fourth-order valence-electron chi connectivity index (χ4n) is 2.89. The van der Waals surface area contributed by atoms with Gasteiger partial charge in [0.05, 0.1) is 6.67 Å². The molecule has 1 aromatic carbocycles. The fraction of sp³-hybridized carbons (Fsp3) is 0.200. The molecule has 4 rings (SSSR count). The summed E-state index contributed by atoms with van der Waals surface area (Å²) in [4.78, 5) is 4.83. The smallest absolute Gasteiger partial charge is 0.0949 e. The number of allylic oxidation sites excluding steroid dienone is 4. The highest BCUT2D eigenvalue weighted by molar-refractivity contribution is 5.61. The van der Waals surface area contributed by atoms with Crippen molar-refractivity contribution in [2.24, 2.45) is 0 Å². The minimum Gasteiger partial charge on any atom is -0.349 e. The molecule has 0 unspecified atom stereocenters. The topological polar surface area (TPSA) is 6.48 Å². The van der Waals surface area contributed by atoms with E-state index < -0.39 is 0 Å². The lowest BCUT2D eigenvalue weighted by molar-refractivity contribution is 0.323. The third kappa shape index (κ3) is 1.27. The largest absolute Gasteiger partial charge is 0.349 e. The minimum atomic E-state index is 0.986. The van der Waals surface area contributed by atoms with E-state index in [-0.39, 0.29) is 0 Å². The first-order chi connectivity index (χ1) is 8.42. The van der Waals surface area contributed by atoms with Gasteiger partial charge in [0, 0.05) is 24.1 Å². The van der Waals surface area contributed by atoms with Gasteiger partial charge in [-0.25, -0.2) is 0 Å². The number of hydrogen-bond donors (Lipinski definition) is 0. The van der Waals surface area contributed by atoms with Crippen LogP contribution in [0.2, 0.25) is 0 Å². The quantitative estimate of drug-likeness (QED) is 0.665. The van der Waals surface area contributed by atoms with E-state index in [4.69, 9.17) is 0 Å². The summed E-state index contributed by atoms with van der Waals surface area (Å²) < 4.78 is 0. The lowest BCUT2D eigenvalue weighted by Crippen LogP contribution is -2.43. The summed E-state index contributed by atoms with van der Waals surface area (Å²) in [6.45, 7) is 2.02. The Morgan fingerprint density at radius 1 is 1.12 bits per heavy atom. The highest BCUT2D eigenvalue weighted by Gasteiger charge is 2.28. The molecule has 0 amide bonds. The van der Waals surface area contributed by atoms with E-state index in [9.17, 15) is 0 Å². The predicted octanol–water partition coefficient (Wildman–Crippen LogP) is 3.01. The molecule has 0 fully saturated rings. The Hall–Kier alpha value is -1.96. The molecule has 0 spiro atoms. The van der Waals surface area contributed by atoms with E-state index in [1.54, 1.807) is 0 Å². The van der Waals surface area contributed by atoms with Crippen LogP contribution in [0.1, 0.15) is 12.0 Å². The molecule has 2 heteroatoms. The van der Waals surface area contributed by atoms with Crippen molar-refractivity contribution in [1.82, 2.24) is 4.90 Å². The maximum absolute atomic E-state index is 2.46. The van der Waals surface area contributed by atoms with Gasteiger partial charge in [0.1, 0.15) is 0 Å². The van der Waals surface area contributed by atoms with Crippen LogP contribution in [0, 0.1) is 0 Å². The van der Waals surface area contributed by atoms with Crippen molar-refractivity contribution >= 4 is 5.69 Å². The van der Waals surface area contributed by atoms with Crippen LogP contribution in [0.15, 0.2) is 60.0 Å². The van der Waals surface area contributed by atoms with Gasteiger partial charge in [0.25, 0.3) is 0 Å². The maximum atomic E-state index is 2.46. The molecule has 17 heavy (non-hydrogen) atoms. The average Bonchev–Trinajstić information content (AvgIpc) is 2.39. The zero-order valence-electron chi connectivity index (χ0n) is 9.63. The molecule has 1 aromatic rings. The van der Waals surface area contributed by atoms with Gasteiger partial charge in [-0.15, -0.1) is 0 Å². The van der Waals surface area contributed by atoms with Crippen molar-refractivity contribution in [3.05, 3.63) is 65.5 Å². The predicted molar refractivity (Wildman–Crippen MR) is 69.3 cm³/mol. The van der Waals surface area contributed by atoms with Gasteiger partial charge in [-0.1, -0.05) is 30.4 Å². The van der Waals surface area contributed by atoms with E-state index >= 15 is 0 Å². The van der Waals surface area contributed by atoms with Crippen molar-refractivity contribution in [3.8, 4) is 0 Å². The Kier molecular flexibility index (Phi) is 1.75. The number of hydrogen-bond acceptors (Lipinski definition) is 2. The highest BCUT2D eigenvalue weighted by atomic mass is 15.3. The number of benzene rings is 1. The Bertz CT molecular complexity index is 566. The second-order valence-electron chi connectivity index (χ2n) is 4.78. The average molecular weight is 222 g/mol. The van der Waals surface area contributed by atoms with Gasteiger partial charge in [-0.3, -0.25) is 0 Å². The molecule has 0 N–H and O–H groups in total. The Morgan fingerprint density at radius 3 is 3.06 bits per heavy atom. The van der Waals surface area contributed by atoms with Crippen LogP contribution >= 0.6 is 0 Å². The van der Waals surface area contributed by atoms with Crippen LogP contribution in [0.3, 0.4) is 0 Å². The number of rotatable bonds is 0. The summed E-state index contributed by atoms with van der Waals surface area (Å²) in [7, 11) is 0. The molecule has 3 aliphatic rings. The fourth-order valence-corrected chi connectivity index (χ4v) is 2.89. The van der Waals surface area contributed by atoms with Crippen LogP contribution in [-0.4, -0.2) is 11.6 Å². The molecule has 0 saturated heterocycles. The molecule has 0 atom stereocenters. The van der Waals surface area contributed by atoms with Crippen molar-refractivity contribution in [2.45, 2.75) is 13.0 Å². The van der Waals surface area contributed by atoms with Gasteiger partial charge in [0.2, 0.25) is 0 Å². The third-order valence-corrected chi connectivity index (χ3v) is 3.69. The molecule has 2 bridgehead atoms. The van der Waals surface area contributed by atoms with Gasteiger partial charge < -0.3 is 9.80 Å². The number of nitrogens with zero attached hydrogens (tertiary/aromatic N) is 2. The summed E-state index contributed by atoms with van der Waals surface area (Å²) in [6, 6.07) is 8.70. The minimum absolute atomic E-state index is 0.986. The zero-order valence-corrected chi connectivity index (χ0v) is 9.63. The van der Waals surface area contributed by atoms with Crippen LogP contribution in [-0.2, 0) is 6.54 Å². The monoisotopic (exact) mass is 222 g/mol. The molecule has 84 valence electrons. The number of para-hydroxylation sites is 1. The molecular weight excluding hydrogens is 208 g/mol. The van der Waals surface area contributed by atoms with Crippen molar-refractivity contribution in [1.29, 1.82) is 0 Å². The summed E-state index contributed by atoms with van der Waals surface area (Å²) in [5.41, 5.74) is 5.63. The molecule has 2 aliphatic heterocycles. The molecule has 2 nitrogen and oxygen atoms in total. The highest BCUT2D eigenvalue weighted by Crippen LogP contribution is 2.37. The molecular formula is C15H14N2. The first-order valence-electron chi connectivity index (χ1n) is 6.09. The standard InChI is InChI=1S/C15H14N2/c1-3-7-14-12(5-1)9-16-11-17(14)10-13-6-2-4-8-15(13)16/h1-5,7-8,10H,6,9,11H2. The first kappa shape index (κ1) is 9.11. The van der Waals surface area contributed by atoms with Crippen molar-refractivity contribution in [3.63, 3.8) is 0 Å². The summed E-state index contributed by atoms with van der Waals surface area (Å²) in [5, 5.41) is 0. The Morgan fingerprint density at radius 2 is 2.06 bits per heavy atom. The van der Waals surface area contributed by atoms with Crippen LogP contribution < -0.4 is 4.90 Å². The zero-order chi connectivity index (χ0) is 11.2. The van der Waals surface area contributed by atoms with E-state index in [1.165, 1.54) is 22.5 Å². The van der Waals surface area contributed by atoms with Gasteiger partial charge in [0.15, 0.2) is 0 Å².